The number of nitrogens with zero attached hydrogens (tertiary/aromatic N) is 2. The summed E-state index contributed by atoms with van der Waals surface area (Å²) in [4.78, 5) is 23.2. The van der Waals surface area contributed by atoms with E-state index in [1.54, 1.807) is 18.3 Å². The molecule has 2 aliphatic carbocycles. The maximum absolute atomic E-state index is 14.8. The van der Waals surface area contributed by atoms with E-state index in [1.165, 1.54) is 6.07 Å². The lowest BCUT2D eigenvalue weighted by atomic mass is 9.87. The summed E-state index contributed by atoms with van der Waals surface area (Å²) in [6, 6.07) is 8.77. The fourth-order valence-electron chi connectivity index (χ4n) is 4.53. The molecule has 6 nitrogen and oxygen atoms in total. The molecule has 31 heavy (non-hydrogen) atoms. The number of ether oxygens (including phenoxy) is 1. The molecule has 5 rings (SSSR count). The second kappa shape index (κ2) is 8.13. The van der Waals surface area contributed by atoms with Crippen LogP contribution in [0.5, 0.6) is 5.88 Å². The Hall–Kier alpha value is -3.22. The van der Waals surface area contributed by atoms with Crippen molar-refractivity contribution in [2.75, 3.05) is 0 Å². The minimum absolute atomic E-state index is 0.0133. The molecule has 160 valence electrons. The Morgan fingerprint density at radius 1 is 1.10 bits per heavy atom. The third kappa shape index (κ3) is 4.04. The molecule has 0 unspecified atom stereocenters. The molecule has 1 saturated carbocycles. The minimum atomic E-state index is -0.727. The minimum Gasteiger partial charge on any atom is -0.481 e. The molecule has 2 heterocycles. The van der Waals surface area contributed by atoms with Crippen molar-refractivity contribution in [2.45, 2.75) is 51.0 Å². The molecule has 0 spiro atoms. The van der Waals surface area contributed by atoms with Crippen LogP contribution >= 0.6 is 0 Å². The number of H-pyrrole nitrogens is 1. The van der Waals surface area contributed by atoms with Crippen LogP contribution in [-0.2, 0) is 17.6 Å². The van der Waals surface area contributed by atoms with E-state index in [4.69, 9.17) is 9.84 Å². The number of carbonyl (C=O) groups is 1. The highest BCUT2D eigenvalue weighted by atomic mass is 19.1. The molecular formula is C24H24FN3O3. The van der Waals surface area contributed by atoms with Crippen LogP contribution in [0.25, 0.3) is 22.5 Å². The average Bonchev–Trinajstić information content (AvgIpc) is 3.37. The largest absolute Gasteiger partial charge is 0.481 e. The number of carboxylic acids is 1. The van der Waals surface area contributed by atoms with Gasteiger partial charge in [-0.15, -0.1) is 0 Å². The molecule has 1 aromatic carbocycles. The van der Waals surface area contributed by atoms with Gasteiger partial charge in [-0.3, -0.25) is 4.79 Å². The van der Waals surface area contributed by atoms with E-state index in [0.717, 1.165) is 41.8 Å². The highest BCUT2D eigenvalue weighted by Crippen LogP contribution is 2.31. The molecule has 0 atom stereocenters. The normalized spacial score (nSPS) is 20.4. The number of aryl methyl sites for hydroxylation is 2. The van der Waals surface area contributed by atoms with Crippen LogP contribution in [0.4, 0.5) is 4.39 Å². The first-order valence-electron chi connectivity index (χ1n) is 10.8. The van der Waals surface area contributed by atoms with E-state index in [1.807, 2.05) is 12.1 Å². The molecule has 0 saturated heterocycles. The third-order valence-electron chi connectivity index (χ3n) is 6.31. The lowest BCUT2D eigenvalue weighted by Crippen LogP contribution is -2.28. The summed E-state index contributed by atoms with van der Waals surface area (Å²) in [5.74, 6) is -0.219. The predicted octanol–water partition coefficient (Wildman–Crippen LogP) is 4.79. The van der Waals surface area contributed by atoms with E-state index in [9.17, 15) is 9.18 Å². The fourth-order valence-corrected chi connectivity index (χ4v) is 4.53. The Morgan fingerprint density at radius 2 is 1.90 bits per heavy atom. The van der Waals surface area contributed by atoms with Crippen LogP contribution in [0.15, 0.2) is 36.5 Å². The highest BCUT2D eigenvalue weighted by molar-refractivity contribution is 5.70. The maximum Gasteiger partial charge on any atom is 0.306 e. The van der Waals surface area contributed by atoms with E-state index in [-0.39, 0.29) is 17.8 Å². The second-order valence-corrected chi connectivity index (χ2v) is 8.37. The van der Waals surface area contributed by atoms with Crippen molar-refractivity contribution < 1.29 is 19.0 Å². The number of pyridine rings is 1. The molecule has 3 aromatic rings. The number of fused-ring (bicyclic) bond motifs is 1. The van der Waals surface area contributed by atoms with Gasteiger partial charge < -0.3 is 14.8 Å². The number of nitrogens with one attached hydrogen (secondary N) is 1. The van der Waals surface area contributed by atoms with Gasteiger partial charge in [0.25, 0.3) is 0 Å². The maximum atomic E-state index is 14.8. The quantitative estimate of drug-likeness (QED) is 0.618. The smallest absolute Gasteiger partial charge is 0.306 e. The molecule has 0 amide bonds. The van der Waals surface area contributed by atoms with Gasteiger partial charge in [0.1, 0.15) is 17.7 Å². The lowest BCUT2D eigenvalue weighted by molar-refractivity contribution is -0.143. The number of hydrogen-bond acceptors (Lipinski definition) is 4. The summed E-state index contributed by atoms with van der Waals surface area (Å²) in [6.45, 7) is 0. The Morgan fingerprint density at radius 3 is 2.58 bits per heavy atom. The summed E-state index contributed by atoms with van der Waals surface area (Å²) >= 11 is 0. The number of rotatable bonds is 5. The average molecular weight is 421 g/mol. The van der Waals surface area contributed by atoms with Gasteiger partial charge in [-0.05, 0) is 68.7 Å². The molecule has 0 radical (unpaired) electrons. The molecule has 0 aliphatic heterocycles. The van der Waals surface area contributed by atoms with Gasteiger partial charge in [0.15, 0.2) is 0 Å². The number of hydrogen-bond donors (Lipinski definition) is 2. The molecule has 2 aromatic heterocycles. The van der Waals surface area contributed by atoms with Gasteiger partial charge in [-0.25, -0.2) is 14.4 Å². The number of carboxylic acid groups (broad SMARTS) is 1. The lowest BCUT2D eigenvalue weighted by Gasteiger charge is -2.26. The Kier molecular flexibility index (Phi) is 5.18. The van der Waals surface area contributed by atoms with Gasteiger partial charge in [-0.2, -0.15) is 0 Å². The van der Waals surface area contributed by atoms with Crippen molar-refractivity contribution in [2.24, 2.45) is 5.92 Å². The molecule has 2 aliphatic rings. The van der Waals surface area contributed by atoms with Crippen LogP contribution in [-0.4, -0.2) is 32.1 Å². The first-order chi connectivity index (χ1) is 15.1. The van der Waals surface area contributed by atoms with Crippen LogP contribution in [0.2, 0.25) is 0 Å². The van der Waals surface area contributed by atoms with E-state index < -0.39 is 5.97 Å². The number of benzene rings is 1. The van der Waals surface area contributed by atoms with Gasteiger partial charge in [0.05, 0.1) is 17.2 Å². The Bertz CT molecular complexity index is 1080. The summed E-state index contributed by atoms with van der Waals surface area (Å²) < 4.78 is 20.7. The van der Waals surface area contributed by atoms with Gasteiger partial charge in [0, 0.05) is 23.5 Å². The van der Waals surface area contributed by atoms with Crippen molar-refractivity contribution in [1.82, 2.24) is 15.0 Å². The van der Waals surface area contributed by atoms with E-state index in [0.29, 0.717) is 43.0 Å². The monoisotopic (exact) mass is 421 g/mol. The molecule has 1 fully saturated rings. The summed E-state index contributed by atoms with van der Waals surface area (Å²) in [5, 5.41) is 9.10. The van der Waals surface area contributed by atoms with Crippen LogP contribution < -0.4 is 4.74 Å². The third-order valence-corrected chi connectivity index (χ3v) is 6.31. The van der Waals surface area contributed by atoms with Crippen molar-refractivity contribution in [3.8, 4) is 28.4 Å². The molecule has 0 bridgehead atoms. The summed E-state index contributed by atoms with van der Waals surface area (Å²) in [7, 11) is 0. The molecular weight excluding hydrogens is 397 g/mol. The summed E-state index contributed by atoms with van der Waals surface area (Å²) in [6.07, 6.45) is 7.37. The zero-order valence-electron chi connectivity index (χ0n) is 17.1. The van der Waals surface area contributed by atoms with Crippen LogP contribution in [0.1, 0.15) is 43.5 Å². The molecule has 7 heteroatoms. The van der Waals surface area contributed by atoms with Crippen LogP contribution in [0, 0.1) is 11.7 Å². The zero-order chi connectivity index (χ0) is 21.4. The second-order valence-electron chi connectivity index (χ2n) is 8.37. The topological polar surface area (TPSA) is 88.1 Å². The van der Waals surface area contributed by atoms with Gasteiger partial charge in [-0.1, -0.05) is 6.07 Å². The van der Waals surface area contributed by atoms with Crippen molar-refractivity contribution >= 4 is 5.97 Å². The number of aliphatic carboxylic acids is 1. The number of halogens is 1. The van der Waals surface area contributed by atoms with E-state index in [2.05, 4.69) is 15.0 Å². The van der Waals surface area contributed by atoms with Crippen molar-refractivity contribution in [3.63, 3.8) is 0 Å². The first-order valence-corrected chi connectivity index (χ1v) is 10.8. The van der Waals surface area contributed by atoms with Crippen molar-refractivity contribution in [3.05, 3.63) is 53.7 Å². The Labute approximate surface area is 179 Å². The van der Waals surface area contributed by atoms with Crippen molar-refractivity contribution in [1.29, 1.82) is 0 Å². The number of aromatic nitrogens is 3. The van der Waals surface area contributed by atoms with Gasteiger partial charge in [0.2, 0.25) is 5.88 Å². The van der Waals surface area contributed by atoms with Crippen LogP contribution in [0.3, 0.4) is 0 Å². The SMILES string of the molecule is O=C(O)C1CCC(Oc2ccc(-c3ccc(-c4nc5c([nH]4)CCC5)c(F)c3)cn2)CC1. The first kappa shape index (κ1) is 19.7. The zero-order valence-corrected chi connectivity index (χ0v) is 17.1. The fraction of sp³-hybridized carbons (Fsp3) is 0.375. The Balaban J connectivity index is 1.26. The molecule has 2 N–H and O–H groups in total. The number of imidazole rings is 1. The predicted molar refractivity (Wildman–Crippen MR) is 113 cm³/mol. The number of aromatic amines is 1. The van der Waals surface area contributed by atoms with Gasteiger partial charge >= 0.3 is 5.97 Å². The summed E-state index contributed by atoms with van der Waals surface area (Å²) in [5.41, 5.74) is 4.18. The standard InChI is InChI=1S/C24H24FN3O3/c25-19-12-15(6-10-18(19)23-27-20-2-1-3-21(20)28-23)16-7-11-22(26-13-16)31-17-8-4-14(5-9-17)24(29)30/h6-7,10-14,17H,1-5,8-9H2,(H,27,28)(H,29,30). The van der Waals surface area contributed by atoms with E-state index >= 15 is 0 Å². The highest BCUT2D eigenvalue weighted by Gasteiger charge is 2.27.